The number of nitrogens with one attached hydrogen (secondary N) is 2. The molecule has 0 aromatic heterocycles. The fourth-order valence-corrected chi connectivity index (χ4v) is 3.99. The van der Waals surface area contributed by atoms with E-state index in [0.717, 1.165) is 25.7 Å². The van der Waals surface area contributed by atoms with Crippen molar-refractivity contribution in [2.45, 2.75) is 64.0 Å². The van der Waals surface area contributed by atoms with E-state index in [1.54, 1.807) is 6.92 Å². The molecule has 2 aromatic carbocycles. The summed E-state index contributed by atoms with van der Waals surface area (Å²) in [5, 5.41) is 14.7. The highest BCUT2D eigenvalue weighted by atomic mass is 16.5. The summed E-state index contributed by atoms with van der Waals surface area (Å²) in [6, 6.07) is 17.0. The van der Waals surface area contributed by atoms with Crippen molar-refractivity contribution in [3.63, 3.8) is 0 Å². The second-order valence-corrected chi connectivity index (χ2v) is 9.15. The standard InChI is InChI=1S/C26H32N2O5/c1-17(33-22-7-5-4-6-8-22)23(29)27-21-15-13-19(14-16-21)18-9-11-20(12-10-18)24(30)28-26(2,3)25(31)32/h4-8,13-18,20H,9-12H2,1-3H3,(H,27,29)(H,28,30)(H,31,32)/t17?,18-,20+. The van der Waals surface area contributed by atoms with Gasteiger partial charge in [-0.05, 0) is 82.2 Å². The van der Waals surface area contributed by atoms with Crippen LogP contribution < -0.4 is 15.4 Å². The lowest BCUT2D eigenvalue weighted by atomic mass is 9.78. The van der Waals surface area contributed by atoms with Crippen LogP contribution in [0.25, 0.3) is 0 Å². The van der Waals surface area contributed by atoms with Crippen molar-refractivity contribution < 1.29 is 24.2 Å². The largest absolute Gasteiger partial charge is 0.481 e. The number of carboxylic acid groups (broad SMARTS) is 1. The number of carboxylic acids is 1. The first-order valence-electron chi connectivity index (χ1n) is 11.3. The second kappa shape index (κ2) is 10.5. The maximum absolute atomic E-state index is 12.5. The molecule has 2 amide bonds. The second-order valence-electron chi connectivity index (χ2n) is 9.15. The Hall–Kier alpha value is -3.35. The fraction of sp³-hybridized carbons (Fsp3) is 0.423. The molecule has 3 N–H and O–H groups in total. The van der Waals surface area contributed by atoms with Gasteiger partial charge in [-0.3, -0.25) is 9.59 Å². The molecule has 1 aliphatic carbocycles. The Balaban J connectivity index is 1.49. The first-order valence-corrected chi connectivity index (χ1v) is 11.3. The highest BCUT2D eigenvalue weighted by Gasteiger charge is 2.33. The molecule has 7 nitrogen and oxygen atoms in total. The highest BCUT2D eigenvalue weighted by Crippen LogP contribution is 2.36. The van der Waals surface area contributed by atoms with E-state index in [2.05, 4.69) is 10.6 Å². The zero-order valence-electron chi connectivity index (χ0n) is 19.3. The lowest BCUT2D eigenvalue weighted by Crippen LogP contribution is -2.51. The molecule has 7 heteroatoms. The molecule has 0 saturated heterocycles. The lowest BCUT2D eigenvalue weighted by molar-refractivity contribution is -0.146. The number of aliphatic carboxylic acids is 1. The molecule has 2 aromatic rings. The van der Waals surface area contributed by atoms with Crippen LogP contribution in [0.4, 0.5) is 5.69 Å². The molecular formula is C26H32N2O5. The van der Waals surface area contributed by atoms with E-state index < -0.39 is 17.6 Å². The number of amides is 2. The van der Waals surface area contributed by atoms with Crippen molar-refractivity contribution in [2.75, 3.05) is 5.32 Å². The number of para-hydroxylation sites is 1. The molecule has 1 fully saturated rings. The summed E-state index contributed by atoms with van der Waals surface area (Å²) in [6.45, 7) is 4.70. The molecule has 0 heterocycles. The summed E-state index contributed by atoms with van der Waals surface area (Å²) in [6.07, 6.45) is 2.54. The fourth-order valence-electron chi connectivity index (χ4n) is 3.99. The van der Waals surface area contributed by atoms with Crippen LogP contribution in [-0.2, 0) is 14.4 Å². The van der Waals surface area contributed by atoms with Crippen LogP contribution in [-0.4, -0.2) is 34.5 Å². The minimum Gasteiger partial charge on any atom is -0.481 e. The molecule has 1 aliphatic rings. The van der Waals surface area contributed by atoms with Gasteiger partial charge in [-0.2, -0.15) is 0 Å². The van der Waals surface area contributed by atoms with Crippen molar-refractivity contribution in [3.05, 3.63) is 60.2 Å². The molecule has 3 rings (SSSR count). The third-order valence-corrected chi connectivity index (χ3v) is 6.14. The molecule has 0 aliphatic heterocycles. The van der Waals surface area contributed by atoms with Gasteiger partial charge in [0.2, 0.25) is 5.91 Å². The summed E-state index contributed by atoms with van der Waals surface area (Å²) in [7, 11) is 0. The van der Waals surface area contributed by atoms with E-state index in [9.17, 15) is 19.5 Å². The van der Waals surface area contributed by atoms with Crippen LogP contribution in [0.3, 0.4) is 0 Å². The van der Waals surface area contributed by atoms with Gasteiger partial charge < -0.3 is 20.5 Å². The minimum atomic E-state index is -1.27. The molecule has 33 heavy (non-hydrogen) atoms. The monoisotopic (exact) mass is 452 g/mol. The van der Waals surface area contributed by atoms with Crippen LogP contribution in [0, 0.1) is 5.92 Å². The number of carbonyl (C=O) groups is 3. The third-order valence-electron chi connectivity index (χ3n) is 6.14. The Labute approximate surface area is 194 Å². The summed E-state index contributed by atoms with van der Waals surface area (Å²) < 4.78 is 5.66. The number of ether oxygens (including phenoxy) is 1. The van der Waals surface area contributed by atoms with Crippen molar-refractivity contribution in [3.8, 4) is 5.75 Å². The van der Waals surface area contributed by atoms with Crippen LogP contribution in [0.1, 0.15) is 57.9 Å². The zero-order valence-corrected chi connectivity index (χ0v) is 19.3. The SMILES string of the molecule is CC(Oc1ccccc1)C(=O)Nc1ccc([C@H]2CC[C@@H](C(=O)NC(C)(C)C(=O)O)CC2)cc1. The third kappa shape index (κ3) is 6.57. The molecule has 1 unspecified atom stereocenters. The van der Waals surface area contributed by atoms with Gasteiger partial charge in [0, 0.05) is 11.6 Å². The topological polar surface area (TPSA) is 105 Å². The van der Waals surface area contributed by atoms with E-state index in [1.165, 1.54) is 19.4 Å². The van der Waals surface area contributed by atoms with Gasteiger partial charge in [-0.1, -0.05) is 30.3 Å². The summed E-state index contributed by atoms with van der Waals surface area (Å²) in [5.74, 6) is -0.631. The summed E-state index contributed by atoms with van der Waals surface area (Å²) in [4.78, 5) is 36.1. The number of hydrogen-bond acceptors (Lipinski definition) is 4. The smallest absolute Gasteiger partial charge is 0.328 e. The van der Waals surface area contributed by atoms with Crippen molar-refractivity contribution in [2.24, 2.45) is 5.92 Å². The van der Waals surface area contributed by atoms with Gasteiger partial charge in [-0.15, -0.1) is 0 Å². The molecule has 0 bridgehead atoms. The first-order chi connectivity index (χ1) is 15.7. The van der Waals surface area contributed by atoms with Crippen LogP contribution in [0.2, 0.25) is 0 Å². The highest BCUT2D eigenvalue weighted by molar-refractivity contribution is 5.94. The van der Waals surface area contributed by atoms with Gasteiger partial charge in [0.15, 0.2) is 6.10 Å². The molecule has 0 radical (unpaired) electrons. The number of rotatable bonds is 8. The minimum absolute atomic E-state index is 0.162. The van der Waals surface area contributed by atoms with Gasteiger partial charge in [0.25, 0.3) is 5.91 Å². The predicted molar refractivity (Wildman–Crippen MR) is 126 cm³/mol. The maximum Gasteiger partial charge on any atom is 0.328 e. The Bertz CT molecular complexity index is 964. The van der Waals surface area contributed by atoms with E-state index in [4.69, 9.17) is 4.74 Å². The number of benzene rings is 2. The molecular weight excluding hydrogens is 420 g/mol. The van der Waals surface area contributed by atoms with Crippen molar-refractivity contribution in [1.82, 2.24) is 5.32 Å². The van der Waals surface area contributed by atoms with Crippen molar-refractivity contribution >= 4 is 23.5 Å². The zero-order chi connectivity index (χ0) is 24.0. The first kappa shape index (κ1) is 24.3. The van der Waals surface area contributed by atoms with E-state index in [0.29, 0.717) is 17.4 Å². The Morgan fingerprint density at radius 2 is 1.58 bits per heavy atom. The average molecular weight is 453 g/mol. The predicted octanol–water partition coefficient (Wildman–Crippen LogP) is 4.35. The maximum atomic E-state index is 12.5. The quantitative estimate of drug-likeness (QED) is 0.552. The molecule has 176 valence electrons. The van der Waals surface area contributed by atoms with E-state index in [1.807, 2.05) is 54.6 Å². The van der Waals surface area contributed by atoms with Crippen LogP contribution >= 0.6 is 0 Å². The Morgan fingerprint density at radius 1 is 0.970 bits per heavy atom. The van der Waals surface area contributed by atoms with Crippen LogP contribution in [0.5, 0.6) is 5.75 Å². The summed E-state index contributed by atoms with van der Waals surface area (Å²) >= 11 is 0. The Morgan fingerprint density at radius 3 is 2.15 bits per heavy atom. The van der Waals surface area contributed by atoms with E-state index in [-0.39, 0.29) is 17.7 Å². The number of carbonyl (C=O) groups excluding carboxylic acids is 2. The molecule has 1 saturated carbocycles. The summed E-state index contributed by atoms with van der Waals surface area (Å²) in [5.41, 5.74) is 0.611. The number of hydrogen-bond donors (Lipinski definition) is 3. The molecule has 1 atom stereocenters. The van der Waals surface area contributed by atoms with Gasteiger partial charge >= 0.3 is 5.97 Å². The molecule has 0 spiro atoms. The van der Waals surface area contributed by atoms with E-state index >= 15 is 0 Å². The van der Waals surface area contributed by atoms with Gasteiger partial charge in [0.1, 0.15) is 11.3 Å². The van der Waals surface area contributed by atoms with Gasteiger partial charge in [-0.25, -0.2) is 4.79 Å². The number of anilines is 1. The lowest BCUT2D eigenvalue weighted by Gasteiger charge is -2.30. The average Bonchev–Trinajstić information content (AvgIpc) is 2.80. The van der Waals surface area contributed by atoms with Crippen LogP contribution in [0.15, 0.2) is 54.6 Å². The van der Waals surface area contributed by atoms with Gasteiger partial charge in [0.05, 0.1) is 0 Å². The van der Waals surface area contributed by atoms with Crippen molar-refractivity contribution in [1.29, 1.82) is 0 Å². The Kier molecular flexibility index (Phi) is 7.74. The normalized spacial score (nSPS) is 19.2.